The Morgan fingerprint density at radius 1 is 1.18 bits per heavy atom. The molecule has 0 spiro atoms. The number of aryl methyl sites for hydroxylation is 1. The molecule has 1 aromatic carbocycles. The zero-order valence-corrected chi connectivity index (χ0v) is 23.9. The third-order valence-electron chi connectivity index (χ3n) is 7.69. The zero-order valence-electron chi connectivity index (χ0n) is 23.1. The molecule has 2 heterocycles. The molecule has 0 atom stereocenters. The molecule has 2 fully saturated rings. The lowest BCUT2D eigenvalue weighted by Gasteiger charge is -2.37. The number of pyridine rings is 1. The molecule has 1 aliphatic carbocycles. The quantitative estimate of drug-likeness (QED) is 0.385. The van der Waals surface area contributed by atoms with Crippen molar-refractivity contribution in [2.24, 2.45) is 5.41 Å². The van der Waals surface area contributed by atoms with Gasteiger partial charge in [0.25, 0.3) is 11.5 Å². The van der Waals surface area contributed by atoms with Crippen molar-refractivity contribution in [2.75, 3.05) is 30.9 Å². The average Bonchev–Trinajstić information content (AvgIpc) is 3.74. The summed E-state index contributed by atoms with van der Waals surface area (Å²) < 4.78 is 5.57. The highest BCUT2D eigenvalue weighted by molar-refractivity contribution is 7.98. The van der Waals surface area contributed by atoms with E-state index in [0.717, 1.165) is 46.8 Å². The lowest BCUT2D eigenvalue weighted by Crippen LogP contribution is -2.40. The van der Waals surface area contributed by atoms with Gasteiger partial charge in [0.05, 0.1) is 6.07 Å². The number of hydrogen-bond acceptors (Lipinski definition) is 7. The van der Waals surface area contributed by atoms with Crippen molar-refractivity contribution in [3.05, 3.63) is 56.5 Å². The van der Waals surface area contributed by atoms with Gasteiger partial charge in [0.15, 0.2) is 0 Å². The average molecular weight is 552 g/mol. The standard InChI is InChI=1S/C29H37N5O4S/c1-5-34(21-6-10-38-11-7-21)24-14-20(15-32-28(37)29(17-30)8-9-29)13-22(19(24)3)26(35)31-16-23-25(39-4)12-18(2)33-27(23)36/h12-14,21H,5-11,15-16H2,1-4H3,(H,31,35)(H,32,37)(H,33,36). The second kappa shape index (κ2) is 12.3. The summed E-state index contributed by atoms with van der Waals surface area (Å²) in [5.74, 6) is -0.550. The van der Waals surface area contributed by atoms with Crippen molar-refractivity contribution in [3.8, 4) is 6.07 Å². The predicted octanol–water partition coefficient (Wildman–Crippen LogP) is 3.57. The Morgan fingerprint density at radius 3 is 2.51 bits per heavy atom. The number of aromatic nitrogens is 1. The van der Waals surface area contributed by atoms with Crippen LogP contribution in [-0.4, -0.2) is 48.9 Å². The number of anilines is 1. The molecular weight excluding hydrogens is 514 g/mol. The maximum absolute atomic E-state index is 13.6. The van der Waals surface area contributed by atoms with E-state index in [4.69, 9.17) is 4.74 Å². The fourth-order valence-electron chi connectivity index (χ4n) is 5.18. The second-order valence-corrected chi connectivity index (χ2v) is 11.2. The number of ether oxygens (including phenoxy) is 1. The van der Waals surface area contributed by atoms with Crippen LogP contribution < -0.4 is 21.1 Å². The van der Waals surface area contributed by atoms with Gasteiger partial charge in [0.2, 0.25) is 5.91 Å². The molecule has 1 saturated heterocycles. The topological polar surface area (TPSA) is 127 Å². The molecular formula is C29H37N5O4S. The number of nitrogens with zero attached hydrogens (tertiary/aromatic N) is 2. The maximum Gasteiger partial charge on any atom is 0.254 e. The molecule has 2 amide bonds. The van der Waals surface area contributed by atoms with Gasteiger partial charge in [-0.3, -0.25) is 14.4 Å². The van der Waals surface area contributed by atoms with Crippen LogP contribution in [0, 0.1) is 30.6 Å². The molecule has 9 nitrogen and oxygen atoms in total. The van der Waals surface area contributed by atoms with Crippen LogP contribution in [0.5, 0.6) is 0 Å². The number of hydrogen-bond donors (Lipinski definition) is 3. The Bertz CT molecular complexity index is 1340. The molecule has 3 N–H and O–H groups in total. The Morgan fingerprint density at radius 2 is 1.90 bits per heavy atom. The normalized spacial score (nSPS) is 16.3. The molecule has 0 bridgehead atoms. The number of thioether (sulfide) groups is 1. The molecule has 0 radical (unpaired) electrons. The number of nitrogens with one attached hydrogen (secondary N) is 3. The number of rotatable bonds is 10. The number of benzene rings is 1. The minimum absolute atomic E-state index is 0.0997. The van der Waals surface area contributed by atoms with E-state index in [1.165, 1.54) is 11.8 Å². The Labute approximate surface area is 233 Å². The minimum Gasteiger partial charge on any atom is -0.381 e. The first-order valence-corrected chi connectivity index (χ1v) is 14.7. The van der Waals surface area contributed by atoms with Crippen molar-refractivity contribution in [1.82, 2.24) is 15.6 Å². The van der Waals surface area contributed by atoms with E-state index >= 15 is 0 Å². The molecule has 39 heavy (non-hydrogen) atoms. The maximum atomic E-state index is 13.6. The van der Waals surface area contributed by atoms with E-state index in [0.29, 0.717) is 37.2 Å². The van der Waals surface area contributed by atoms with E-state index in [1.807, 2.05) is 32.2 Å². The summed E-state index contributed by atoms with van der Waals surface area (Å²) in [4.78, 5) is 44.8. The van der Waals surface area contributed by atoms with Gasteiger partial charge in [-0.2, -0.15) is 5.26 Å². The van der Waals surface area contributed by atoms with Crippen LogP contribution in [0.15, 0.2) is 27.9 Å². The van der Waals surface area contributed by atoms with Crippen LogP contribution >= 0.6 is 11.8 Å². The first kappa shape index (κ1) is 28.7. The van der Waals surface area contributed by atoms with Gasteiger partial charge in [0.1, 0.15) is 5.41 Å². The first-order valence-electron chi connectivity index (χ1n) is 13.5. The Hall–Kier alpha value is -3.29. The third-order valence-corrected chi connectivity index (χ3v) is 8.50. The molecule has 208 valence electrons. The van der Waals surface area contributed by atoms with Crippen LogP contribution in [0.4, 0.5) is 5.69 Å². The molecule has 2 aliphatic rings. The largest absolute Gasteiger partial charge is 0.381 e. The van der Waals surface area contributed by atoms with Crippen LogP contribution in [0.2, 0.25) is 0 Å². The number of aromatic amines is 1. The first-order chi connectivity index (χ1) is 18.7. The third kappa shape index (κ3) is 6.31. The summed E-state index contributed by atoms with van der Waals surface area (Å²) in [7, 11) is 0. The minimum atomic E-state index is -0.915. The SMILES string of the molecule is CCN(c1cc(CNC(=O)C2(C#N)CC2)cc(C(=O)NCc2c(SC)cc(C)[nH]c2=O)c1C)C1CCOCC1. The van der Waals surface area contributed by atoms with Crippen molar-refractivity contribution >= 4 is 29.3 Å². The van der Waals surface area contributed by atoms with Gasteiger partial charge in [-0.1, -0.05) is 0 Å². The monoisotopic (exact) mass is 551 g/mol. The lowest BCUT2D eigenvalue weighted by molar-refractivity contribution is -0.124. The van der Waals surface area contributed by atoms with E-state index in [9.17, 15) is 19.6 Å². The van der Waals surface area contributed by atoms with Crippen LogP contribution in [0.3, 0.4) is 0 Å². The Kier molecular flexibility index (Phi) is 9.03. The van der Waals surface area contributed by atoms with E-state index in [2.05, 4.69) is 33.5 Å². The van der Waals surface area contributed by atoms with Crippen molar-refractivity contribution in [2.45, 2.75) is 70.5 Å². The molecule has 1 aromatic heterocycles. The number of H-pyrrole nitrogens is 1. The van der Waals surface area contributed by atoms with Crippen molar-refractivity contribution < 1.29 is 14.3 Å². The van der Waals surface area contributed by atoms with Crippen LogP contribution in [0.1, 0.15) is 65.3 Å². The predicted molar refractivity (Wildman–Crippen MR) is 152 cm³/mol. The number of nitriles is 1. The number of carbonyl (C=O) groups excluding carboxylic acids is 2. The molecule has 2 aromatic rings. The fourth-order valence-corrected chi connectivity index (χ4v) is 5.89. The van der Waals surface area contributed by atoms with E-state index < -0.39 is 5.41 Å². The van der Waals surface area contributed by atoms with Gasteiger partial charge >= 0.3 is 0 Å². The number of carbonyl (C=O) groups is 2. The molecule has 0 unspecified atom stereocenters. The molecule has 4 rings (SSSR count). The van der Waals surface area contributed by atoms with Crippen LogP contribution in [0.25, 0.3) is 0 Å². The highest BCUT2D eigenvalue weighted by Crippen LogP contribution is 2.45. The molecule has 1 aliphatic heterocycles. The Balaban J connectivity index is 1.64. The number of amides is 2. The molecule has 10 heteroatoms. The van der Waals surface area contributed by atoms with E-state index in [1.54, 1.807) is 6.07 Å². The van der Waals surface area contributed by atoms with Gasteiger partial charge in [0, 0.05) is 66.3 Å². The van der Waals surface area contributed by atoms with Gasteiger partial charge in [-0.15, -0.1) is 11.8 Å². The summed E-state index contributed by atoms with van der Waals surface area (Å²) in [5, 5.41) is 15.2. The van der Waals surface area contributed by atoms with E-state index in [-0.39, 0.29) is 36.5 Å². The summed E-state index contributed by atoms with van der Waals surface area (Å²) >= 11 is 1.47. The van der Waals surface area contributed by atoms with Gasteiger partial charge < -0.3 is 25.3 Å². The van der Waals surface area contributed by atoms with Crippen molar-refractivity contribution in [1.29, 1.82) is 5.26 Å². The van der Waals surface area contributed by atoms with Crippen LogP contribution in [-0.2, 0) is 22.6 Å². The van der Waals surface area contributed by atoms with Crippen molar-refractivity contribution in [3.63, 3.8) is 0 Å². The van der Waals surface area contributed by atoms with Gasteiger partial charge in [-0.25, -0.2) is 0 Å². The summed E-state index contributed by atoms with van der Waals surface area (Å²) in [6.45, 7) is 8.34. The summed E-state index contributed by atoms with van der Waals surface area (Å²) in [6, 6.07) is 8.15. The second-order valence-electron chi connectivity index (χ2n) is 10.3. The fraction of sp³-hybridized carbons (Fsp3) is 0.517. The van der Waals surface area contributed by atoms with Gasteiger partial charge in [-0.05, 0) is 82.0 Å². The molecule has 1 saturated carbocycles. The smallest absolute Gasteiger partial charge is 0.254 e. The summed E-state index contributed by atoms with van der Waals surface area (Å²) in [6.07, 6.45) is 4.85. The highest BCUT2D eigenvalue weighted by Gasteiger charge is 2.50. The lowest BCUT2D eigenvalue weighted by atomic mass is 9.98. The zero-order chi connectivity index (χ0) is 28.2. The summed E-state index contributed by atoms with van der Waals surface area (Å²) in [5.41, 5.74) is 3.23. The highest BCUT2D eigenvalue weighted by atomic mass is 32.2.